The van der Waals surface area contributed by atoms with Crippen LogP contribution in [-0.4, -0.2) is 10.2 Å². The first-order valence-electron chi connectivity index (χ1n) is 6.29. The van der Waals surface area contributed by atoms with Gasteiger partial charge in [0.15, 0.2) is 0 Å². The first kappa shape index (κ1) is 13.6. The maximum Gasteiger partial charge on any atom is 0.247 e. The van der Waals surface area contributed by atoms with Crippen LogP contribution in [0.3, 0.4) is 0 Å². The Morgan fingerprint density at radius 2 is 1.95 bits per heavy atom. The molecular weight excluding hydrogens is 293 g/mol. The lowest BCUT2D eigenvalue weighted by Crippen LogP contribution is -2.01. The van der Waals surface area contributed by atoms with E-state index in [0.717, 1.165) is 5.56 Å². The van der Waals surface area contributed by atoms with E-state index in [1.807, 2.05) is 6.07 Å². The Hall–Kier alpha value is -2.40. The molecule has 21 heavy (non-hydrogen) atoms. The second-order valence-electron chi connectivity index (χ2n) is 4.34. The highest BCUT2D eigenvalue weighted by Gasteiger charge is 2.09. The van der Waals surface area contributed by atoms with Crippen LogP contribution in [0.5, 0.6) is 0 Å². The van der Waals surface area contributed by atoms with Gasteiger partial charge in [0.25, 0.3) is 0 Å². The molecule has 3 aromatic rings. The summed E-state index contributed by atoms with van der Waals surface area (Å²) >= 11 is 5.92. The summed E-state index contributed by atoms with van der Waals surface area (Å²) in [7, 11) is 0. The maximum atomic E-state index is 13.5. The van der Waals surface area contributed by atoms with E-state index in [-0.39, 0.29) is 12.4 Å². The van der Waals surface area contributed by atoms with Crippen LogP contribution < -0.4 is 5.32 Å². The highest BCUT2D eigenvalue weighted by molar-refractivity contribution is 6.30. The lowest BCUT2D eigenvalue weighted by Gasteiger charge is -2.03. The first-order chi connectivity index (χ1) is 10.2. The van der Waals surface area contributed by atoms with Gasteiger partial charge in [-0.3, -0.25) is 0 Å². The number of benzene rings is 2. The molecular formula is C15H11ClFN3O. The standard InChI is InChI=1S/C15H11ClFN3O/c16-11-5-3-4-10(8-11)15-20-19-14(21-15)9-18-13-7-2-1-6-12(13)17/h1-8,18H,9H2. The van der Waals surface area contributed by atoms with Crippen LogP contribution in [0.2, 0.25) is 5.02 Å². The van der Waals surface area contributed by atoms with Gasteiger partial charge < -0.3 is 9.73 Å². The SMILES string of the molecule is Fc1ccccc1NCc1nnc(-c2cccc(Cl)c2)o1. The van der Waals surface area contributed by atoms with E-state index in [9.17, 15) is 4.39 Å². The van der Waals surface area contributed by atoms with Crippen molar-refractivity contribution in [2.75, 3.05) is 5.32 Å². The van der Waals surface area contributed by atoms with Crippen molar-refractivity contribution in [3.8, 4) is 11.5 Å². The third-order valence-electron chi connectivity index (χ3n) is 2.84. The van der Waals surface area contributed by atoms with E-state index in [4.69, 9.17) is 16.0 Å². The third-order valence-corrected chi connectivity index (χ3v) is 3.08. The van der Waals surface area contributed by atoms with Crippen LogP contribution in [0.15, 0.2) is 52.9 Å². The van der Waals surface area contributed by atoms with Gasteiger partial charge in [0, 0.05) is 10.6 Å². The average Bonchev–Trinajstić information content (AvgIpc) is 2.95. The molecule has 0 aliphatic heterocycles. The fourth-order valence-corrected chi connectivity index (χ4v) is 2.03. The van der Waals surface area contributed by atoms with E-state index in [1.54, 1.807) is 36.4 Å². The Morgan fingerprint density at radius 1 is 1.10 bits per heavy atom. The second kappa shape index (κ2) is 5.93. The monoisotopic (exact) mass is 303 g/mol. The first-order valence-corrected chi connectivity index (χ1v) is 6.67. The predicted octanol–water partition coefficient (Wildman–Crippen LogP) is 4.14. The number of hydrogen-bond donors (Lipinski definition) is 1. The molecule has 6 heteroatoms. The maximum absolute atomic E-state index is 13.5. The quantitative estimate of drug-likeness (QED) is 0.787. The topological polar surface area (TPSA) is 51.0 Å². The molecule has 0 radical (unpaired) electrons. The Bertz CT molecular complexity index is 760. The molecule has 1 N–H and O–H groups in total. The fourth-order valence-electron chi connectivity index (χ4n) is 1.84. The number of anilines is 1. The number of aromatic nitrogens is 2. The van der Waals surface area contributed by atoms with E-state index >= 15 is 0 Å². The summed E-state index contributed by atoms with van der Waals surface area (Å²) in [6, 6.07) is 13.5. The molecule has 0 bridgehead atoms. The van der Waals surface area contributed by atoms with E-state index in [0.29, 0.717) is 22.5 Å². The number of rotatable bonds is 4. The summed E-state index contributed by atoms with van der Waals surface area (Å²) < 4.78 is 19.0. The van der Waals surface area contributed by atoms with Crippen molar-refractivity contribution in [2.24, 2.45) is 0 Å². The molecule has 0 saturated carbocycles. The van der Waals surface area contributed by atoms with Crippen molar-refractivity contribution in [3.05, 3.63) is 65.3 Å². The van der Waals surface area contributed by atoms with Gasteiger partial charge in [-0.2, -0.15) is 0 Å². The Kier molecular flexibility index (Phi) is 3.83. The van der Waals surface area contributed by atoms with Crippen molar-refractivity contribution >= 4 is 17.3 Å². The largest absolute Gasteiger partial charge is 0.419 e. The van der Waals surface area contributed by atoms with Crippen LogP contribution in [0.25, 0.3) is 11.5 Å². The van der Waals surface area contributed by atoms with E-state index < -0.39 is 0 Å². The minimum Gasteiger partial charge on any atom is -0.419 e. The lowest BCUT2D eigenvalue weighted by molar-refractivity contribution is 0.514. The molecule has 1 heterocycles. The zero-order valence-electron chi connectivity index (χ0n) is 10.9. The molecule has 0 saturated heterocycles. The van der Waals surface area contributed by atoms with Crippen molar-refractivity contribution in [3.63, 3.8) is 0 Å². The van der Waals surface area contributed by atoms with Crippen LogP contribution in [0, 0.1) is 5.82 Å². The van der Waals surface area contributed by atoms with Gasteiger partial charge in [0.05, 0.1) is 12.2 Å². The van der Waals surface area contributed by atoms with Gasteiger partial charge in [0.1, 0.15) is 5.82 Å². The minimum absolute atomic E-state index is 0.245. The minimum atomic E-state index is -0.327. The summed E-state index contributed by atoms with van der Waals surface area (Å²) in [6.07, 6.45) is 0. The summed E-state index contributed by atoms with van der Waals surface area (Å²) in [5.41, 5.74) is 1.13. The van der Waals surface area contributed by atoms with Crippen molar-refractivity contribution in [1.29, 1.82) is 0 Å². The zero-order chi connectivity index (χ0) is 14.7. The zero-order valence-corrected chi connectivity index (χ0v) is 11.6. The molecule has 0 aliphatic rings. The molecule has 2 aromatic carbocycles. The molecule has 0 spiro atoms. The van der Waals surface area contributed by atoms with Crippen LogP contribution >= 0.6 is 11.6 Å². The van der Waals surface area contributed by atoms with Gasteiger partial charge in [0.2, 0.25) is 11.8 Å². The average molecular weight is 304 g/mol. The molecule has 0 unspecified atom stereocenters. The van der Waals surface area contributed by atoms with Gasteiger partial charge in [-0.15, -0.1) is 10.2 Å². The van der Waals surface area contributed by atoms with E-state index in [1.165, 1.54) is 6.07 Å². The number of halogens is 2. The smallest absolute Gasteiger partial charge is 0.247 e. The molecule has 0 amide bonds. The molecule has 0 aliphatic carbocycles. The normalized spacial score (nSPS) is 10.6. The Morgan fingerprint density at radius 3 is 2.76 bits per heavy atom. The number of nitrogens with zero attached hydrogens (tertiary/aromatic N) is 2. The molecule has 106 valence electrons. The number of nitrogens with one attached hydrogen (secondary N) is 1. The molecule has 0 atom stereocenters. The third kappa shape index (κ3) is 3.20. The van der Waals surface area contributed by atoms with Crippen molar-refractivity contribution in [1.82, 2.24) is 10.2 Å². The number of para-hydroxylation sites is 1. The Labute approximate surface area is 125 Å². The van der Waals surface area contributed by atoms with Crippen molar-refractivity contribution < 1.29 is 8.81 Å². The van der Waals surface area contributed by atoms with Gasteiger partial charge in [-0.1, -0.05) is 29.8 Å². The van der Waals surface area contributed by atoms with Gasteiger partial charge in [-0.05, 0) is 30.3 Å². The summed E-state index contributed by atoms with van der Waals surface area (Å²) in [6.45, 7) is 0.245. The second-order valence-corrected chi connectivity index (χ2v) is 4.78. The van der Waals surface area contributed by atoms with Crippen LogP contribution in [-0.2, 0) is 6.54 Å². The van der Waals surface area contributed by atoms with Crippen molar-refractivity contribution in [2.45, 2.75) is 6.54 Å². The summed E-state index contributed by atoms with van der Waals surface area (Å²) in [5.74, 6) is 0.420. The highest BCUT2D eigenvalue weighted by atomic mass is 35.5. The van der Waals surface area contributed by atoms with E-state index in [2.05, 4.69) is 15.5 Å². The lowest BCUT2D eigenvalue weighted by atomic mass is 10.2. The fraction of sp³-hybridized carbons (Fsp3) is 0.0667. The predicted molar refractivity (Wildman–Crippen MR) is 78.5 cm³/mol. The number of hydrogen-bond acceptors (Lipinski definition) is 4. The summed E-state index contributed by atoms with van der Waals surface area (Å²) in [4.78, 5) is 0. The van der Waals surface area contributed by atoms with Crippen LogP contribution in [0.1, 0.15) is 5.89 Å². The molecule has 3 rings (SSSR count). The molecule has 4 nitrogen and oxygen atoms in total. The Balaban J connectivity index is 1.72. The molecule has 0 fully saturated rings. The highest BCUT2D eigenvalue weighted by Crippen LogP contribution is 2.22. The summed E-state index contributed by atoms with van der Waals surface area (Å²) in [5, 5.41) is 11.4. The van der Waals surface area contributed by atoms with Gasteiger partial charge in [-0.25, -0.2) is 4.39 Å². The van der Waals surface area contributed by atoms with Crippen LogP contribution in [0.4, 0.5) is 10.1 Å². The van der Waals surface area contributed by atoms with Gasteiger partial charge >= 0.3 is 0 Å². The molecule has 1 aromatic heterocycles.